The van der Waals surface area contributed by atoms with Gasteiger partial charge in [0.25, 0.3) is 0 Å². The fourth-order valence-electron chi connectivity index (χ4n) is 2.29. The van der Waals surface area contributed by atoms with Crippen LogP contribution in [-0.2, 0) is 10.2 Å². The molecule has 1 heterocycles. The van der Waals surface area contributed by atoms with E-state index in [2.05, 4.69) is 21.2 Å². The first-order valence-electron chi connectivity index (χ1n) is 6.98. The SMILES string of the molecule is CCCC(=O)c1cc(Br)c2c(c1)N(S(=O)(=O)N(C)C)C(C#N)N2. The molecule has 1 aliphatic heterocycles. The number of halogens is 1. The van der Waals surface area contributed by atoms with Crippen molar-refractivity contribution in [1.29, 1.82) is 5.26 Å². The summed E-state index contributed by atoms with van der Waals surface area (Å²) >= 11 is 3.35. The predicted molar refractivity (Wildman–Crippen MR) is 91.5 cm³/mol. The number of carbonyl (C=O) groups is 1. The van der Waals surface area contributed by atoms with Crippen LogP contribution in [-0.4, -0.2) is 38.8 Å². The van der Waals surface area contributed by atoms with E-state index < -0.39 is 16.4 Å². The summed E-state index contributed by atoms with van der Waals surface area (Å²) in [4.78, 5) is 12.2. The largest absolute Gasteiger partial charge is 0.350 e. The first-order chi connectivity index (χ1) is 10.7. The zero-order valence-electron chi connectivity index (χ0n) is 13.0. The normalized spacial score (nSPS) is 16.9. The topological polar surface area (TPSA) is 93.5 Å². The number of hydrogen-bond donors (Lipinski definition) is 1. The summed E-state index contributed by atoms with van der Waals surface area (Å²) in [7, 11) is -1.09. The summed E-state index contributed by atoms with van der Waals surface area (Å²) in [5.41, 5.74) is 1.19. The van der Waals surface area contributed by atoms with Crippen LogP contribution < -0.4 is 9.62 Å². The summed E-state index contributed by atoms with van der Waals surface area (Å²) < 4.78 is 27.7. The number of fused-ring (bicyclic) bond motifs is 1. The van der Waals surface area contributed by atoms with Crippen LogP contribution in [0.3, 0.4) is 0 Å². The number of rotatable bonds is 5. The molecule has 1 aliphatic rings. The van der Waals surface area contributed by atoms with Gasteiger partial charge in [0.05, 0.1) is 11.4 Å². The van der Waals surface area contributed by atoms with E-state index in [1.165, 1.54) is 20.2 Å². The summed E-state index contributed by atoms with van der Waals surface area (Å²) in [5, 5.41) is 12.2. The van der Waals surface area contributed by atoms with E-state index in [0.717, 1.165) is 8.61 Å². The second kappa shape index (κ2) is 6.47. The van der Waals surface area contributed by atoms with Crippen LogP contribution in [0.15, 0.2) is 16.6 Å². The van der Waals surface area contributed by atoms with Crippen LogP contribution in [0.5, 0.6) is 0 Å². The summed E-state index contributed by atoms with van der Waals surface area (Å²) in [6.07, 6.45) is 0.0119. The lowest BCUT2D eigenvalue weighted by Gasteiger charge is -2.25. The molecule has 0 aliphatic carbocycles. The number of hydrogen-bond acceptors (Lipinski definition) is 5. The molecule has 0 amide bonds. The molecule has 1 unspecified atom stereocenters. The Balaban J connectivity index is 2.62. The highest BCUT2D eigenvalue weighted by Gasteiger charge is 2.40. The van der Waals surface area contributed by atoms with Gasteiger partial charge in [0.1, 0.15) is 6.07 Å². The van der Waals surface area contributed by atoms with Crippen LogP contribution in [0, 0.1) is 11.3 Å². The molecule has 0 saturated carbocycles. The number of ketones is 1. The second-order valence-electron chi connectivity index (χ2n) is 5.29. The quantitative estimate of drug-likeness (QED) is 0.765. The summed E-state index contributed by atoms with van der Waals surface area (Å²) in [6, 6.07) is 5.09. The van der Waals surface area contributed by atoms with Crippen molar-refractivity contribution in [2.45, 2.75) is 25.9 Å². The predicted octanol–water partition coefficient (Wildman–Crippen LogP) is 2.32. The summed E-state index contributed by atoms with van der Waals surface area (Å²) in [5.74, 6) is -0.0707. The van der Waals surface area contributed by atoms with Gasteiger partial charge in [-0.3, -0.25) is 4.79 Å². The van der Waals surface area contributed by atoms with Crippen LogP contribution in [0.1, 0.15) is 30.1 Å². The van der Waals surface area contributed by atoms with Gasteiger partial charge in [-0.2, -0.15) is 18.0 Å². The second-order valence-corrected chi connectivity index (χ2v) is 8.16. The minimum absolute atomic E-state index is 0.0707. The molecular formula is C14H17BrN4O3S. The number of benzene rings is 1. The van der Waals surface area contributed by atoms with Gasteiger partial charge in [-0.15, -0.1) is 0 Å². The van der Waals surface area contributed by atoms with Crippen molar-refractivity contribution in [2.75, 3.05) is 23.7 Å². The Hall–Kier alpha value is -1.63. The maximum atomic E-state index is 12.5. The van der Waals surface area contributed by atoms with Crippen molar-refractivity contribution >= 4 is 43.3 Å². The molecule has 2 rings (SSSR count). The molecule has 0 fully saturated rings. The average molecular weight is 401 g/mol. The highest BCUT2D eigenvalue weighted by atomic mass is 79.9. The third kappa shape index (κ3) is 3.06. The van der Waals surface area contributed by atoms with Crippen molar-refractivity contribution in [3.8, 4) is 6.07 Å². The first kappa shape index (κ1) is 17.7. The van der Waals surface area contributed by atoms with E-state index in [-0.39, 0.29) is 5.78 Å². The third-order valence-corrected chi connectivity index (χ3v) is 5.91. The molecule has 0 spiro atoms. The van der Waals surface area contributed by atoms with Gasteiger partial charge in [-0.05, 0) is 34.5 Å². The highest BCUT2D eigenvalue weighted by Crippen LogP contribution is 2.43. The zero-order chi connectivity index (χ0) is 17.4. The lowest BCUT2D eigenvalue weighted by atomic mass is 10.1. The van der Waals surface area contributed by atoms with Gasteiger partial charge < -0.3 is 5.32 Å². The molecule has 7 nitrogen and oxygen atoms in total. The van der Waals surface area contributed by atoms with E-state index >= 15 is 0 Å². The number of nitrogens with one attached hydrogen (secondary N) is 1. The van der Waals surface area contributed by atoms with Gasteiger partial charge in [0.2, 0.25) is 6.17 Å². The first-order valence-corrected chi connectivity index (χ1v) is 9.17. The van der Waals surface area contributed by atoms with Crippen LogP contribution >= 0.6 is 15.9 Å². The number of anilines is 2. The van der Waals surface area contributed by atoms with E-state index in [1.807, 2.05) is 13.0 Å². The number of carbonyl (C=O) groups excluding carboxylic acids is 1. The molecule has 1 atom stereocenters. The standard InChI is InChI=1S/C14H17BrN4O3S/c1-4-5-12(20)9-6-10(15)14-11(7-9)19(13(8-16)17-14)23(21,22)18(2)3/h6-7,13,17H,4-5H2,1-3H3. The van der Waals surface area contributed by atoms with Crippen molar-refractivity contribution in [2.24, 2.45) is 0 Å². The zero-order valence-corrected chi connectivity index (χ0v) is 15.4. The fraction of sp³-hybridized carbons (Fsp3) is 0.429. The number of Topliss-reactive ketones (excluding diaryl/α,β-unsaturated/α-hetero) is 1. The monoisotopic (exact) mass is 400 g/mol. The molecule has 1 N–H and O–H groups in total. The number of nitrogens with zero attached hydrogens (tertiary/aromatic N) is 3. The van der Waals surface area contributed by atoms with E-state index in [0.29, 0.717) is 34.3 Å². The van der Waals surface area contributed by atoms with Gasteiger partial charge in [0, 0.05) is 30.6 Å². The smallest absolute Gasteiger partial charge is 0.306 e. The minimum atomic E-state index is -3.87. The maximum absolute atomic E-state index is 12.5. The Morgan fingerprint density at radius 2 is 2.13 bits per heavy atom. The van der Waals surface area contributed by atoms with Crippen molar-refractivity contribution in [3.05, 3.63) is 22.2 Å². The molecule has 0 bridgehead atoms. The molecule has 0 aromatic heterocycles. The van der Waals surface area contributed by atoms with Crippen LogP contribution in [0.2, 0.25) is 0 Å². The maximum Gasteiger partial charge on any atom is 0.306 e. The lowest BCUT2D eigenvalue weighted by Crippen LogP contribution is -2.45. The molecule has 1 aromatic carbocycles. The molecule has 0 saturated heterocycles. The summed E-state index contributed by atoms with van der Waals surface area (Å²) in [6.45, 7) is 1.90. The Kier molecular flexibility index (Phi) is 4.98. The Morgan fingerprint density at radius 3 is 2.65 bits per heavy atom. The Bertz CT molecular complexity index is 786. The van der Waals surface area contributed by atoms with Crippen LogP contribution in [0.25, 0.3) is 0 Å². The van der Waals surface area contributed by atoms with Crippen molar-refractivity contribution < 1.29 is 13.2 Å². The molecule has 0 radical (unpaired) electrons. The van der Waals surface area contributed by atoms with Gasteiger partial charge in [-0.25, -0.2) is 4.31 Å². The Morgan fingerprint density at radius 1 is 1.48 bits per heavy atom. The lowest BCUT2D eigenvalue weighted by molar-refractivity contribution is 0.0981. The molecule has 9 heteroatoms. The highest BCUT2D eigenvalue weighted by molar-refractivity contribution is 9.10. The van der Waals surface area contributed by atoms with E-state index in [1.54, 1.807) is 6.07 Å². The number of nitriles is 1. The third-order valence-electron chi connectivity index (χ3n) is 3.45. The van der Waals surface area contributed by atoms with Gasteiger partial charge in [-0.1, -0.05) is 6.92 Å². The van der Waals surface area contributed by atoms with Gasteiger partial charge >= 0.3 is 10.2 Å². The fourth-order valence-corrected chi connectivity index (χ4v) is 3.97. The molecule has 23 heavy (non-hydrogen) atoms. The molecule has 124 valence electrons. The average Bonchev–Trinajstić information content (AvgIpc) is 2.87. The van der Waals surface area contributed by atoms with E-state index in [4.69, 9.17) is 0 Å². The van der Waals surface area contributed by atoms with Crippen molar-refractivity contribution in [1.82, 2.24) is 4.31 Å². The van der Waals surface area contributed by atoms with E-state index in [9.17, 15) is 18.5 Å². The van der Waals surface area contributed by atoms with Crippen LogP contribution in [0.4, 0.5) is 11.4 Å². The molecule has 1 aromatic rings. The molecular weight excluding hydrogens is 384 g/mol. The van der Waals surface area contributed by atoms with Gasteiger partial charge in [0.15, 0.2) is 5.78 Å². The minimum Gasteiger partial charge on any atom is -0.350 e. The van der Waals surface area contributed by atoms with Crippen molar-refractivity contribution in [3.63, 3.8) is 0 Å². The Labute approximate surface area is 144 Å².